The SMILES string of the molecule is Cc1cc(C)cc(-c2nccc3ccc4ccc(C#N)cc4c23)c1. The van der Waals surface area contributed by atoms with E-state index in [-0.39, 0.29) is 0 Å². The standard InChI is InChI=1S/C22H16N2/c1-14-9-15(2)11-19(10-14)22-21-18(7-8-24-22)6-5-17-4-3-16(13-23)12-20(17)21/h3-12H,1-2H3. The monoisotopic (exact) mass is 308 g/mol. The molecule has 4 aromatic rings. The van der Waals surface area contributed by atoms with E-state index in [0.717, 1.165) is 32.8 Å². The van der Waals surface area contributed by atoms with Crippen molar-refractivity contribution in [2.75, 3.05) is 0 Å². The maximum absolute atomic E-state index is 9.26. The van der Waals surface area contributed by atoms with Gasteiger partial charge in [0.2, 0.25) is 0 Å². The normalized spacial score (nSPS) is 10.9. The Balaban J connectivity index is 2.16. The first kappa shape index (κ1) is 14.4. The van der Waals surface area contributed by atoms with Gasteiger partial charge in [0, 0.05) is 17.1 Å². The molecular weight excluding hydrogens is 292 g/mol. The molecule has 0 bridgehead atoms. The quantitative estimate of drug-likeness (QED) is 0.433. The summed E-state index contributed by atoms with van der Waals surface area (Å²) in [7, 11) is 0. The van der Waals surface area contributed by atoms with E-state index in [1.54, 1.807) is 0 Å². The number of nitriles is 1. The minimum atomic E-state index is 0.672. The van der Waals surface area contributed by atoms with Gasteiger partial charge in [0.05, 0.1) is 17.3 Å². The highest BCUT2D eigenvalue weighted by Gasteiger charge is 2.10. The molecule has 2 nitrogen and oxygen atoms in total. The summed E-state index contributed by atoms with van der Waals surface area (Å²) >= 11 is 0. The van der Waals surface area contributed by atoms with Crippen molar-refractivity contribution in [3.63, 3.8) is 0 Å². The zero-order valence-corrected chi connectivity index (χ0v) is 13.7. The van der Waals surface area contributed by atoms with E-state index in [1.165, 1.54) is 11.1 Å². The average Bonchev–Trinajstić information content (AvgIpc) is 2.59. The molecule has 0 radical (unpaired) electrons. The third kappa shape index (κ3) is 2.31. The molecule has 0 spiro atoms. The number of rotatable bonds is 1. The smallest absolute Gasteiger partial charge is 0.0991 e. The molecule has 2 heteroatoms. The van der Waals surface area contributed by atoms with Crippen LogP contribution in [0.5, 0.6) is 0 Å². The fourth-order valence-electron chi connectivity index (χ4n) is 3.40. The molecule has 24 heavy (non-hydrogen) atoms. The topological polar surface area (TPSA) is 36.7 Å². The van der Waals surface area contributed by atoms with Crippen LogP contribution in [0.4, 0.5) is 0 Å². The first-order chi connectivity index (χ1) is 11.7. The lowest BCUT2D eigenvalue weighted by atomic mass is 9.95. The van der Waals surface area contributed by atoms with E-state index in [1.807, 2.05) is 30.5 Å². The predicted molar refractivity (Wildman–Crippen MR) is 98.9 cm³/mol. The Kier molecular flexibility index (Phi) is 3.29. The van der Waals surface area contributed by atoms with E-state index in [4.69, 9.17) is 0 Å². The average molecular weight is 308 g/mol. The van der Waals surface area contributed by atoms with Crippen molar-refractivity contribution < 1.29 is 0 Å². The van der Waals surface area contributed by atoms with Crippen LogP contribution >= 0.6 is 0 Å². The second-order valence-corrected chi connectivity index (χ2v) is 6.25. The molecule has 0 amide bonds. The summed E-state index contributed by atoms with van der Waals surface area (Å²) in [5.41, 5.74) is 5.21. The van der Waals surface area contributed by atoms with Crippen LogP contribution in [-0.2, 0) is 0 Å². The van der Waals surface area contributed by atoms with Gasteiger partial charge in [-0.1, -0.05) is 35.4 Å². The summed E-state index contributed by atoms with van der Waals surface area (Å²) in [6.45, 7) is 4.21. The maximum Gasteiger partial charge on any atom is 0.0991 e. The number of hydrogen-bond donors (Lipinski definition) is 0. The molecule has 0 fully saturated rings. The van der Waals surface area contributed by atoms with Gasteiger partial charge in [-0.3, -0.25) is 4.98 Å². The molecule has 4 rings (SSSR count). The number of fused-ring (bicyclic) bond motifs is 3. The zero-order valence-electron chi connectivity index (χ0n) is 13.7. The van der Waals surface area contributed by atoms with Gasteiger partial charge in [0.25, 0.3) is 0 Å². The fraction of sp³-hybridized carbons (Fsp3) is 0.0909. The molecule has 0 unspecified atom stereocenters. The van der Waals surface area contributed by atoms with Crippen LogP contribution in [0.1, 0.15) is 16.7 Å². The summed E-state index contributed by atoms with van der Waals surface area (Å²) in [5, 5.41) is 13.7. The molecule has 0 N–H and O–H groups in total. The molecule has 0 aliphatic carbocycles. The number of benzene rings is 3. The molecular formula is C22H16N2. The van der Waals surface area contributed by atoms with E-state index in [2.05, 4.69) is 55.2 Å². The molecule has 0 saturated carbocycles. The largest absolute Gasteiger partial charge is 0.256 e. The molecule has 0 saturated heterocycles. The first-order valence-corrected chi connectivity index (χ1v) is 7.96. The molecule has 0 aliphatic rings. The van der Waals surface area contributed by atoms with Crippen LogP contribution in [0.15, 0.2) is 60.8 Å². The fourth-order valence-corrected chi connectivity index (χ4v) is 3.40. The van der Waals surface area contributed by atoms with Crippen molar-refractivity contribution in [3.8, 4) is 17.3 Å². The second-order valence-electron chi connectivity index (χ2n) is 6.25. The first-order valence-electron chi connectivity index (χ1n) is 7.96. The molecule has 3 aromatic carbocycles. The number of aromatic nitrogens is 1. The Labute approximate surface area is 141 Å². The zero-order chi connectivity index (χ0) is 16.7. The summed E-state index contributed by atoms with van der Waals surface area (Å²) in [6, 6.07) is 20.8. The maximum atomic E-state index is 9.26. The second kappa shape index (κ2) is 5.47. The third-order valence-corrected chi connectivity index (χ3v) is 4.37. The minimum absolute atomic E-state index is 0.672. The van der Waals surface area contributed by atoms with Crippen LogP contribution in [0.2, 0.25) is 0 Å². The third-order valence-electron chi connectivity index (χ3n) is 4.37. The van der Waals surface area contributed by atoms with Crippen molar-refractivity contribution in [3.05, 3.63) is 77.5 Å². The molecule has 0 aliphatic heterocycles. The number of nitrogens with zero attached hydrogens (tertiary/aromatic N) is 2. The lowest BCUT2D eigenvalue weighted by molar-refractivity contribution is 1.33. The number of aryl methyl sites for hydroxylation is 2. The highest BCUT2D eigenvalue weighted by molar-refractivity contribution is 6.13. The summed E-state index contributed by atoms with van der Waals surface area (Å²) in [6.07, 6.45) is 1.86. The van der Waals surface area contributed by atoms with Gasteiger partial charge in [0.1, 0.15) is 0 Å². The van der Waals surface area contributed by atoms with Crippen molar-refractivity contribution in [2.24, 2.45) is 0 Å². The number of pyridine rings is 1. The van der Waals surface area contributed by atoms with Gasteiger partial charge in [0.15, 0.2) is 0 Å². The lowest BCUT2D eigenvalue weighted by Gasteiger charge is -2.11. The Morgan fingerprint density at radius 2 is 1.54 bits per heavy atom. The van der Waals surface area contributed by atoms with Gasteiger partial charge in [-0.05, 0) is 60.3 Å². The van der Waals surface area contributed by atoms with Crippen molar-refractivity contribution in [2.45, 2.75) is 13.8 Å². The highest BCUT2D eigenvalue weighted by atomic mass is 14.7. The number of hydrogen-bond acceptors (Lipinski definition) is 2. The van der Waals surface area contributed by atoms with Gasteiger partial charge in [-0.25, -0.2) is 0 Å². The Morgan fingerprint density at radius 3 is 2.29 bits per heavy atom. The van der Waals surface area contributed by atoms with Crippen LogP contribution in [0, 0.1) is 25.2 Å². The van der Waals surface area contributed by atoms with Crippen molar-refractivity contribution in [1.29, 1.82) is 5.26 Å². The van der Waals surface area contributed by atoms with Crippen molar-refractivity contribution in [1.82, 2.24) is 4.98 Å². The van der Waals surface area contributed by atoms with E-state index >= 15 is 0 Å². The van der Waals surface area contributed by atoms with Crippen LogP contribution < -0.4 is 0 Å². The summed E-state index contributed by atoms with van der Waals surface area (Å²) in [4.78, 5) is 4.68. The van der Waals surface area contributed by atoms with E-state index in [0.29, 0.717) is 5.56 Å². The van der Waals surface area contributed by atoms with Gasteiger partial charge in [-0.2, -0.15) is 5.26 Å². The van der Waals surface area contributed by atoms with Gasteiger partial charge < -0.3 is 0 Å². The Hall–Kier alpha value is -3.18. The predicted octanol–water partition coefficient (Wildman–Crippen LogP) is 5.54. The Bertz CT molecular complexity index is 1110. The van der Waals surface area contributed by atoms with Crippen LogP contribution in [0.3, 0.4) is 0 Å². The Morgan fingerprint density at radius 1 is 0.833 bits per heavy atom. The molecule has 0 atom stereocenters. The molecule has 1 heterocycles. The molecule has 1 aromatic heterocycles. The molecule has 114 valence electrons. The van der Waals surface area contributed by atoms with Gasteiger partial charge >= 0.3 is 0 Å². The van der Waals surface area contributed by atoms with E-state index in [9.17, 15) is 5.26 Å². The summed E-state index contributed by atoms with van der Waals surface area (Å²) < 4.78 is 0. The van der Waals surface area contributed by atoms with E-state index < -0.39 is 0 Å². The highest BCUT2D eigenvalue weighted by Crippen LogP contribution is 2.34. The summed E-state index contributed by atoms with van der Waals surface area (Å²) in [5.74, 6) is 0. The van der Waals surface area contributed by atoms with Crippen molar-refractivity contribution >= 4 is 21.5 Å². The minimum Gasteiger partial charge on any atom is -0.256 e. The lowest BCUT2D eigenvalue weighted by Crippen LogP contribution is -1.90. The van der Waals surface area contributed by atoms with Gasteiger partial charge in [-0.15, -0.1) is 0 Å². The van der Waals surface area contributed by atoms with Crippen LogP contribution in [0.25, 0.3) is 32.8 Å². The van der Waals surface area contributed by atoms with Crippen LogP contribution in [-0.4, -0.2) is 4.98 Å².